The van der Waals surface area contributed by atoms with Crippen molar-refractivity contribution < 1.29 is 42.6 Å². The van der Waals surface area contributed by atoms with Crippen molar-refractivity contribution in [2.75, 3.05) is 11.9 Å². The number of ether oxygens (including phenoxy) is 1. The molecule has 1 aliphatic rings. The first-order chi connectivity index (χ1) is 12.7. The second-order valence-corrected chi connectivity index (χ2v) is 6.71. The van der Waals surface area contributed by atoms with Gasteiger partial charge in [0.1, 0.15) is 12.4 Å². The zero-order valence-corrected chi connectivity index (χ0v) is 19.1. The number of para-hydroxylation sites is 1. The topological polar surface area (TPSA) is 41.5 Å². The third kappa shape index (κ3) is 7.93. The Hall–Kier alpha value is -0.896. The molecule has 0 bridgehead atoms. The van der Waals surface area contributed by atoms with Gasteiger partial charge in [0, 0.05) is 38.4 Å². The molecule has 1 aliphatic carbocycles. The van der Waals surface area contributed by atoms with E-state index in [0.717, 1.165) is 30.7 Å². The van der Waals surface area contributed by atoms with Gasteiger partial charge < -0.3 is 22.1 Å². The molecule has 2 aromatic rings. The zero-order chi connectivity index (χ0) is 18.8. The maximum atomic E-state index is 10.4. The third-order valence-electron chi connectivity index (χ3n) is 4.97. The van der Waals surface area contributed by atoms with Gasteiger partial charge in [0.2, 0.25) is 0 Å². The monoisotopic (exact) mass is 442 g/mol. The number of hydrogen-bond acceptors (Lipinski definition) is 3. The van der Waals surface area contributed by atoms with Crippen molar-refractivity contribution in [3.8, 4) is 5.75 Å². The summed E-state index contributed by atoms with van der Waals surface area (Å²) in [6.07, 6.45) is 4.05. The summed E-state index contributed by atoms with van der Waals surface area (Å²) in [7, 11) is 3.67. The van der Waals surface area contributed by atoms with Crippen molar-refractivity contribution in [3.63, 3.8) is 0 Å². The van der Waals surface area contributed by atoms with Gasteiger partial charge in [-0.1, -0.05) is 30.3 Å². The Morgan fingerprint density at radius 2 is 1.74 bits per heavy atom. The largest absolute Gasteiger partial charge is 0.538 e. The van der Waals surface area contributed by atoms with E-state index in [1.165, 1.54) is 12.0 Å². The number of hydrogen-bond donors (Lipinski definition) is 2. The Morgan fingerprint density at radius 1 is 1.07 bits per heavy atom. The molecule has 2 N–H and O–H groups in total. The molecule has 0 saturated heterocycles. The van der Waals surface area contributed by atoms with Gasteiger partial charge in [-0.25, -0.2) is 0 Å². The summed E-state index contributed by atoms with van der Waals surface area (Å²) in [6, 6.07) is 18.2. The number of aliphatic hydroxyl groups is 1. The molecular formula is C23H31NO2Y-2. The van der Waals surface area contributed by atoms with E-state index in [0.29, 0.717) is 18.4 Å². The zero-order valence-electron chi connectivity index (χ0n) is 16.3. The van der Waals surface area contributed by atoms with Gasteiger partial charge >= 0.3 is 0 Å². The van der Waals surface area contributed by atoms with Crippen LogP contribution in [-0.4, -0.2) is 17.8 Å². The Labute approximate surface area is 189 Å². The number of anilines is 1. The van der Waals surface area contributed by atoms with E-state index in [4.69, 9.17) is 4.74 Å². The van der Waals surface area contributed by atoms with Crippen LogP contribution in [0.2, 0.25) is 0 Å². The van der Waals surface area contributed by atoms with Gasteiger partial charge in [0.25, 0.3) is 0 Å². The summed E-state index contributed by atoms with van der Waals surface area (Å²) in [6.45, 7) is 5.38. The Kier molecular flexibility index (Phi) is 11.9. The predicted octanol–water partition coefficient (Wildman–Crippen LogP) is 5.13. The Morgan fingerprint density at radius 3 is 2.37 bits per heavy atom. The summed E-state index contributed by atoms with van der Waals surface area (Å²) < 4.78 is 5.70. The molecule has 145 valence electrons. The molecule has 3 nitrogen and oxygen atoms in total. The molecule has 0 amide bonds. The first-order valence-electron chi connectivity index (χ1n) is 9.43. The summed E-state index contributed by atoms with van der Waals surface area (Å²) in [4.78, 5) is 0. The fraction of sp³-hybridized carbons (Fsp3) is 0.391. The molecule has 0 aromatic heterocycles. The number of aliphatic hydroxyl groups excluding tert-OH is 1. The minimum absolute atomic E-state index is 0. The van der Waals surface area contributed by atoms with Crippen LogP contribution in [0.3, 0.4) is 0 Å². The van der Waals surface area contributed by atoms with Gasteiger partial charge in [-0.3, -0.25) is 7.05 Å². The second-order valence-electron chi connectivity index (χ2n) is 6.71. The number of benzene rings is 2. The molecule has 0 spiro atoms. The molecule has 2 aromatic carbocycles. The number of nitrogens with one attached hydrogen (secondary N) is 1. The van der Waals surface area contributed by atoms with Crippen LogP contribution in [0.5, 0.6) is 5.75 Å². The fourth-order valence-corrected chi connectivity index (χ4v) is 3.57. The Balaban J connectivity index is 0.00000118. The summed E-state index contributed by atoms with van der Waals surface area (Å²) in [5.74, 6) is 1.82. The van der Waals surface area contributed by atoms with Crippen molar-refractivity contribution in [1.29, 1.82) is 0 Å². The van der Waals surface area contributed by atoms with E-state index < -0.39 is 0 Å². The maximum absolute atomic E-state index is 10.4. The van der Waals surface area contributed by atoms with E-state index in [2.05, 4.69) is 43.6 Å². The van der Waals surface area contributed by atoms with Gasteiger partial charge in [0.15, 0.2) is 0 Å². The molecule has 0 aliphatic heterocycles. The molecule has 4 heteroatoms. The predicted molar refractivity (Wildman–Crippen MR) is 109 cm³/mol. The first-order valence-corrected chi connectivity index (χ1v) is 9.43. The van der Waals surface area contributed by atoms with Crippen LogP contribution in [0, 0.1) is 25.8 Å². The van der Waals surface area contributed by atoms with E-state index in [-0.39, 0.29) is 38.8 Å². The van der Waals surface area contributed by atoms with Crippen molar-refractivity contribution in [2.24, 2.45) is 11.8 Å². The van der Waals surface area contributed by atoms with Crippen LogP contribution in [0.15, 0.2) is 54.6 Å². The molecule has 3 atom stereocenters. The summed E-state index contributed by atoms with van der Waals surface area (Å²) >= 11 is 0. The SMILES string of the molecule is [CH2-]C.[CH2-]Nc1ccc(C[C@@H]2CC[C@H]([C@H](O)COc3ccccc3)C2)cc1.[Y]. The quantitative estimate of drug-likeness (QED) is 0.585. The second kappa shape index (κ2) is 13.3. The van der Waals surface area contributed by atoms with Crippen molar-refractivity contribution in [3.05, 3.63) is 74.1 Å². The maximum Gasteiger partial charge on any atom is 0.119 e. The smallest absolute Gasteiger partial charge is 0.119 e. The minimum atomic E-state index is -0.382. The molecule has 0 unspecified atom stereocenters. The fourth-order valence-electron chi connectivity index (χ4n) is 3.57. The van der Waals surface area contributed by atoms with Crippen LogP contribution >= 0.6 is 0 Å². The molecule has 3 rings (SSSR count). The van der Waals surface area contributed by atoms with Gasteiger partial charge in [-0.15, -0.1) is 0 Å². The van der Waals surface area contributed by atoms with Crippen LogP contribution in [0.25, 0.3) is 0 Å². The van der Waals surface area contributed by atoms with Crippen LogP contribution < -0.4 is 10.1 Å². The minimum Gasteiger partial charge on any atom is -0.538 e. The van der Waals surface area contributed by atoms with E-state index in [1.807, 2.05) is 30.3 Å². The molecule has 0 heterocycles. The summed E-state index contributed by atoms with van der Waals surface area (Å²) in [5.41, 5.74) is 2.39. The number of rotatable bonds is 7. The normalized spacial score (nSPS) is 19.3. The van der Waals surface area contributed by atoms with Crippen LogP contribution in [0.4, 0.5) is 5.69 Å². The van der Waals surface area contributed by atoms with Gasteiger partial charge in [0.05, 0.1) is 6.10 Å². The van der Waals surface area contributed by atoms with Crippen molar-refractivity contribution in [2.45, 2.75) is 38.7 Å². The Bertz CT molecular complexity index is 618. The van der Waals surface area contributed by atoms with E-state index in [1.54, 1.807) is 6.92 Å². The molecule has 27 heavy (non-hydrogen) atoms. The molecular weight excluding hydrogens is 411 g/mol. The molecule has 1 saturated carbocycles. The molecule has 1 fully saturated rings. The van der Waals surface area contributed by atoms with Gasteiger partial charge in [-0.2, -0.15) is 6.92 Å². The average molecular weight is 442 g/mol. The van der Waals surface area contributed by atoms with E-state index in [9.17, 15) is 5.11 Å². The van der Waals surface area contributed by atoms with Gasteiger partial charge in [-0.05, 0) is 67.3 Å². The third-order valence-corrected chi connectivity index (χ3v) is 4.97. The van der Waals surface area contributed by atoms with Crippen LogP contribution in [-0.2, 0) is 39.1 Å². The van der Waals surface area contributed by atoms with Crippen molar-refractivity contribution >= 4 is 5.69 Å². The molecule has 1 radical (unpaired) electrons. The first kappa shape index (κ1) is 24.1. The average Bonchev–Trinajstić information content (AvgIpc) is 3.18. The standard InChI is InChI=1S/C21H26NO2.C2H5.Y/c1-22-19-11-8-16(9-12-19)13-17-7-10-18(14-17)21(23)15-24-20-5-3-2-4-6-20;1-2;/h2-6,8-9,11-12,17-18,21-23H,1,7,10,13-15H2;1H2,2H3;/q2*-1;/t17-,18-,21+;;/m0../s1. The van der Waals surface area contributed by atoms with E-state index >= 15 is 0 Å². The van der Waals surface area contributed by atoms with Crippen LogP contribution in [0.1, 0.15) is 31.7 Å². The van der Waals surface area contributed by atoms with Crippen molar-refractivity contribution in [1.82, 2.24) is 0 Å². The summed E-state index contributed by atoms with van der Waals surface area (Å²) in [5, 5.41) is 13.3.